The van der Waals surface area contributed by atoms with Gasteiger partial charge in [-0.05, 0) is 86.0 Å². The Hall–Kier alpha value is -2.61. The van der Waals surface area contributed by atoms with E-state index in [1.54, 1.807) is 59.1 Å². The van der Waals surface area contributed by atoms with Crippen molar-refractivity contribution in [3.05, 3.63) is 35.9 Å². The van der Waals surface area contributed by atoms with Gasteiger partial charge in [-0.1, -0.05) is 52.3 Å². The molecule has 1 aromatic carbocycles. The summed E-state index contributed by atoms with van der Waals surface area (Å²) in [6.45, 7) is 14.0. The number of hydrogen-bond acceptors (Lipinski definition) is 15. The minimum absolute atomic E-state index is 0.01000. The highest BCUT2D eigenvalue weighted by molar-refractivity contribution is 5.95. The first-order chi connectivity index (χ1) is 27.2. The lowest BCUT2D eigenvalue weighted by Crippen LogP contribution is -2.55. The number of hydrazone groups is 1. The number of esters is 1. The van der Waals surface area contributed by atoms with E-state index in [1.165, 1.54) is 14.0 Å². The number of aliphatic hydroxyl groups is 6. The van der Waals surface area contributed by atoms with Gasteiger partial charge < -0.3 is 59.2 Å². The third-order valence-electron chi connectivity index (χ3n) is 10.9. The standard InChI is InChI=1S/C24H36N2O6.C8H17NO3.C8H16O4.C2H6/c1-16-9-8-12-19(31-4)13-14-20(25-26-22(28)18-10-6-5-7-11-18)17(2)21(27)24(3,30)15-32-23(16)29;1-5-4-6(9(2)3)7(10)8(11)12-5;1-5-7(10)8(2,11-3)4-6(9)12-5;1-2/h5-7,10-11,16-17,19,21,27,30H,8-9,12-15H2,1-4H3,(H,26,28);5-8,10-11H,4H2,1-3H3;5-7,9-10H,4H2,1-3H3;1-2H3/b25-20+;;;/t;;5?,6-,7+,8-;/m..1./s1. The Morgan fingerprint density at radius 2 is 1.55 bits per heavy atom. The zero-order valence-electron chi connectivity index (χ0n) is 36.8. The van der Waals surface area contributed by atoms with Gasteiger partial charge >= 0.3 is 5.97 Å². The molecule has 0 aromatic heterocycles. The van der Waals surface area contributed by atoms with E-state index in [0.29, 0.717) is 37.0 Å². The summed E-state index contributed by atoms with van der Waals surface area (Å²) < 4.78 is 26.1. The zero-order chi connectivity index (χ0) is 44.4. The van der Waals surface area contributed by atoms with Crippen molar-refractivity contribution in [1.82, 2.24) is 10.3 Å². The van der Waals surface area contributed by atoms with Crippen LogP contribution in [0.2, 0.25) is 0 Å². The van der Waals surface area contributed by atoms with Crippen LogP contribution >= 0.6 is 0 Å². The van der Waals surface area contributed by atoms with Crippen molar-refractivity contribution in [3.63, 3.8) is 0 Å². The smallest absolute Gasteiger partial charge is 0.308 e. The van der Waals surface area contributed by atoms with Crippen molar-refractivity contribution in [1.29, 1.82) is 0 Å². The fourth-order valence-electron chi connectivity index (χ4n) is 6.88. The molecule has 10 unspecified atom stereocenters. The van der Waals surface area contributed by atoms with E-state index in [-0.39, 0.29) is 36.7 Å². The number of hydrogen-bond donors (Lipinski definition) is 7. The average Bonchev–Trinajstić information content (AvgIpc) is 3.19. The third-order valence-corrected chi connectivity index (χ3v) is 10.9. The summed E-state index contributed by atoms with van der Waals surface area (Å²) >= 11 is 0. The van der Waals surface area contributed by atoms with Crippen molar-refractivity contribution < 1.29 is 63.9 Å². The number of benzene rings is 1. The van der Waals surface area contributed by atoms with E-state index in [2.05, 4.69) is 10.5 Å². The number of amides is 1. The molecule has 3 fully saturated rings. The number of likely N-dealkylation sites (N-methyl/N-ethyl adjacent to an activating group) is 1. The van der Waals surface area contributed by atoms with Gasteiger partial charge in [0.15, 0.2) is 12.6 Å². The van der Waals surface area contributed by atoms with Gasteiger partial charge in [0.2, 0.25) is 0 Å². The Labute approximate surface area is 345 Å². The zero-order valence-corrected chi connectivity index (χ0v) is 36.8. The van der Waals surface area contributed by atoms with Crippen molar-refractivity contribution in [2.75, 3.05) is 34.9 Å². The van der Waals surface area contributed by atoms with E-state index < -0.39 is 60.1 Å². The minimum Gasteiger partial charge on any atom is -0.462 e. The van der Waals surface area contributed by atoms with Gasteiger partial charge in [-0.3, -0.25) is 9.59 Å². The van der Waals surface area contributed by atoms with Crippen LogP contribution in [-0.2, 0) is 28.5 Å². The second-order valence-corrected chi connectivity index (χ2v) is 15.9. The molecule has 4 rings (SSSR count). The Balaban J connectivity index is 0.000000525. The summed E-state index contributed by atoms with van der Waals surface area (Å²) in [5.74, 6) is -1.67. The van der Waals surface area contributed by atoms with Gasteiger partial charge in [0.1, 0.15) is 24.4 Å². The third kappa shape index (κ3) is 16.8. The number of nitrogens with zero attached hydrogens (tertiary/aromatic N) is 2. The number of aliphatic hydroxyl groups excluding tert-OH is 5. The Morgan fingerprint density at radius 1 is 0.931 bits per heavy atom. The molecule has 1 aromatic rings. The van der Waals surface area contributed by atoms with Crippen LogP contribution in [0.3, 0.4) is 0 Å². The highest BCUT2D eigenvalue weighted by Gasteiger charge is 2.44. The number of methoxy groups -OCH3 is 2. The van der Waals surface area contributed by atoms with Crippen LogP contribution in [0.15, 0.2) is 35.4 Å². The molecule has 3 aliphatic heterocycles. The number of carbonyl (C=O) groups excluding carboxylic acids is 2. The molecule has 0 aliphatic carbocycles. The second-order valence-electron chi connectivity index (χ2n) is 15.9. The van der Waals surface area contributed by atoms with Crippen LogP contribution in [0.5, 0.6) is 0 Å². The van der Waals surface area contributed by atoms with Crippen molar-refractivity contribution in [2.24, 2.45) is 16.9 Å². The predicted octanol–water partition coefficient (Wildman–Crippen LogP) is 2.99. The molecule has 0 bridgehead atoms. The van der Waals surface area contributed by atoms with E-state index >= 15 is 0 Å². The first kappa shape index (κ1) is 53.4. The molecule has 3 heterocycles. The predicted molar refractivity (Wildman–Crippen MR) is 220 cm³/mol. The second kappa shape index (κ2) is 25.9. The van der Waals surface area contributed by atoms with Crippen molar-refractivity contribution in [3.8, 4) is 0 Å². The van der Waals surface area contributed by atoms with E-state index in [9.17, 15) is 40.2 Å². The lowest BCUT2D eigenvalue weighted by molar-refractivity contribution is -0.263. The van der Waals surface area contributed by atoms with E-state index in [4.69, 9.17) is 23.7 Å². The maximum atomic E-state index is 12.4. The van der Waals surface area contributed by atoms with Gasteiger partial charge in [0.05, 0.1) is 35.9 Å². The number of nitrogens with one attached hydrogen (secondary N) is 1. The molecule has 1 amide bonds. The number of rotatable bonds is 5. The van der Waals surface area contributed by atoms with Crippen LogP contribution in [0.1, 0.15) is 111 Å². The topological polar surface area (TPSA) is 229 Å². The summed E-state index contributed by atoms with van der Waals surface area (Å²) in [4.78, 5) is 26.6. The molecule has 3 saturated heterocycles. The fourth-order valence-corrected chi connectivity index (χ4v) is 6.88. The normalized spacial score (nSPS) is 37.0. The first-order valence-corrected chi connectivity index (χ1v) is 20.4. The molecule has 16 nitrogen and oxygen atoms in total. The summed E-state index contributed by atoms with van der Waals surface area (Å²) in [5.41, 5.74) is 1.18. The van der Waals surface area contributed by atoms with E-state index in [0.717, 1.165) is 19.3 Å². The quantitative estimate of drug-likeness (QED) is 0.167. The molecular formula is C42H75N3O13. The molecule has 16 heteroatoms. The highest BCUT2D eigenvalue weighted by atomic mass is 16.6. The van der Waals surface area contributed by atoms with Crippen LogP contribution in [0.4, 0.5) is 0 Å². The van der Waals surface area contributed by atoms with Crippen LogP contribution in [-0.4, -0.2) is 154 Å². The number of carbonyl (C=O) groups is 2. The lowest BCUT2D eigenvalue weighted by Gasteiger charge is -2.42. The monoisotopic (exact) mass is 830 g/mol. The highest BCUT2D eigenvalue weighted by Crippen LogP contribution is 2.31. The minimum atomic E-state index is -1.68. The largest absolute Gasteiger partial charge is 0.462 e. The van der Waals surface area contributed by atoms with Crippen molar-refractivity contribution >= 4 is 17.6 Å². The maximum absolute atomic E-state index is 12.4. The fraction of sp³-hybridized carbons (Fsp3) is 0.786. The molecule has 3 aliphatic rings. The molecule has 336 valence electrons. The summed E-state index contributed by atoms with van der Waals surface area (Å²) in [6.07, 6.45) is -0.693. The Bertz CT molecular complexity index is 1350. The van der Waals surface area contributed by atoms with Crippen LogP contribution in [0, 0.1) is 11.8 Å². The maximum Gasteiger partial charge on any atom is 0.308 e. The molecular weight excluding hydrogens is 754 g/mol. The van der Waals surface area contributed by atoms with Gasteiger partial charge in [-0.15, -0.1) is 0 Å². The van der Waals surface area contributed by atoms with Crippen molar-refractivity contribution in [2.45, 2.75) is 167 Å². The van der Waals surface area contributed by atoms with E-state index in [1.807, 2.05) is 45.8 Å². The lowest BCUT2D eigenvalue weighted by atomic mass is 9.84. The van der Waals surface area contributed by atoms with Gasteiger partial charge in [-0.25, -0.2) is 5.43 Å². The Kier molecular flexibility index (Phi) is 23.8. The molecule has 58 heavy (non-hydrogen) atoms. The molecule has 13 atom stereocenters. The van der Waals surface area contributed by atoms with Gasteiger partial charge in [-0.2, -0.15) is 5.10 Å². The molecule has 7 N–H and O–H groups in total. The summed E-state index contributed by atoms with van der Waals surface area (Å²) in [6, 6.07) is 8.70. The SMILES string of the molecule is CC.CC1CC(N(C)C)C(O)C(O)O1.COC1CCCC(C)C(=O)OCC(C)(O)C(O)C(C)/C(=N/NC(=O)c2ccccc2)CC1.CO[C@]1(C)C[C@H](O)OC(C)[C@@H]1O. The van der Waals surface area contributed by atoms with Crippen LogP contribution in [0.25, 0.3) is 0 Å². The first-order valence-electron chi connectivity index (χ1n) is 20.4. The molecule has 0 radical (unpaired) electrons. The summed E-state index contributed by atoms with van der Waals surface area (Å²) in [5, 5.41) is 63.7. The Morgan fingerprint density at radius 3 is 2.12 bits per heavy atom. The summed E-state index contributed by atoms with van der Waals surface area (Å²) in [7, 11) is 6.94. The van der Waals surface area contributed by atoms with Crippen LogP contribution < -0.4 is 5.43 Å². The molecule has 0 saturated carbocycles. The van der Waals surface area contributed by atoms with Gasteiger partial charge in [0.25, 0.3) is 5.91 Å². The number of ether oxygens (including phenoxy) is 5. The average molecular weight is 830 g/mol. The number of cyclic esters (lactones) is 1. The van der Waals surface area contributed by atoms with Gasteiger partial charge in [0, 0.05) is 43.9 Å². The molecule has 0 spiro atoms.